The fraction of sp³-hybridized carbons (Fsp3) is 0.231. The summed E-state index contributed by atoms with van der Waals surface area (Å²) < 4.78 is 37.3. The maximum Gasteiger partial charge on any atom is 0.405 e. The molecule has 0 unspecified atom stereocenters. The number of nitrogens with one attached hydrogen (secondary N) is 1. The van der Waals surface area contributed by atoms with Gasteiger partial charge in [0, 0.05) is 10.9 Å². The molecule has 2 aromatic rings. The van der Waals surface area contributed by atoms with Crippen molar-refractivity contribution in [3.05, 3.63) is 36.0 Å². The van der Waals surface area contributed by atoms with E-state index in [0.29, 0.717) is 10.9 Å². The number of carboxylic acids is 1. The fourth-order valence-corrected chi connectivity index (χ4v) is 1.96. The highest BCUT2D eigenvalue weighted by atomic mass is 19.4. The molecule has 0 aliphatic heterocycles. The average Bonchev–Trinajstić information content (AvgIpc) is 2.75. The van der Waals surface area contributed by atoms with Gasteiger partial charge in [0.15, 0.2) is 0 Å². The summed E-state index contributed by atoms with van der Waals surface area (Å²) >= 11 is 0. The first-order chi connectivity index (χ1) is 9.78. The second kappa shape index (κ2) is 5.47. The summed E-state index contributed by atoms with van der Waals surface area (Å²) in [6.07, 6.45) is -4.51. The number of para-hydroxylation sites is 1. The van der Waals surface area contributed by atoms with Crippen molar-refractivity contribution in [3.8, 4) is 0 Å². The SMILES string of the molecule is O=C(Cn1c(C(=O)O)cc2ccccc21)NCC(F)(F)F. The van der Waals surface area contributed by atoms with Gasteiger partial charge in [0.25, 0.3) is 0 Å². The normalized spacial score (nSPS) is 11.6. The standard InChI is InChI=1S/C13H11F3N2O3/c14-13(15,16)7-17-11(19)6-18-9-4-2-1-3-8(9)5-10(18)12(20)21/h1-5H,6-7H2,(H,17,19)(H,20,21). The highest BCUT2D eigenvalue weighted by Crippen LogP contribution is 2.20. The monoisotopic (exact) mass is 300 g/mol. The van der Waals surface area contributed by atoms with Crippen molar-refractivity contribution in [2.75, 3.05) is 6.54 Å². The van der Waals surface area contributed by atoms with Gasteiger partial charge in [0.05, 0.1) is 0 Å². The fourth-order valence-electron chi connectivity index (χ4n) is 1.96. The third kappa shape index (κ3) is 3.53. The van der Waals surface area contributed by atoms with E-state index in [0.717, 1.165) is 0 Å². The van der Waals surface area contributed by atoms with Crippen molar-refractivity contribution in [1.29, 1.82) is 0 Å². The molecule has 1 heterocycles. The Labute approximate surface area is 117 Å². The Bertz CT molecular complexity index is 692. The van der Waals surface area contributed by atoms with Gasteiger partial charge in [-0.05, 0) is 12.1 Å². The van der Waals surface area contributed by atoms with Crippen molar-refractivity contribution in [1.82, 2.24) is 9.88 Å². The van der Waals surface area contributed by atoms with Crippen LogP contribution >= 0.6 is 0 Å². The molecule has 0 saturated heterocycles. The molecule has 2 N–H and O–H groups in total. The number of alkyl halides is 3. The summed E-state index contributed by atoms with van der Waals surface area (Å²) in [5.41, 5.74) is 0.315. The molecule has 0 aliphatic rings. The van der Waals surface area contributed by atoms with Gasteiger partial charge in [0.2, 0.25) is 5.91 Å². The number of hydrogen-bond donors (Lipinski definition) is 2. The molecule has 0 bridgehead atoms. The van der Waals surface area contributed by atoms with Crippen molar-refractivity contribution in [2.45, 2.75) is 12.7 Å². The first-order valence-corrected chi connectivity index (χ1v) is 5.93. The van der Waals surface area contributed by atoms with Crippen LogP contribution in [0.15, 0.2) is 30.3 Å². The number of carbonyl (C=O) groups is 2. The molecule has 5 nitrogen and oxygen atoms in total. The van der Waals surface area contributed by atoms with Gasteiger partial charge in [-0.15, -0.1) is 0 Å². The number of benzene rings is 1. The van der Waals surface area contributed by atoms with Crippen LogP contribution in [0.4, 0.5) is 13.2 Å². The number of carbonyl (C=O) groups excluding carboxylic acids is 1. The molecular weight excluding hydrogens is 289 g/mol. The molecule has 112 valence electrons. The van der Waals surface area contributed by atoms with E-state index >= 15 is 0 Å². The minimum absolute atomic E-state index is 0.154. The second-order valence-corrected chi connectivity index (χ2v) is 4.37. The Kier molecular flexibility index (Phi) is 3.88. The Morgan fingerprint density at radius 3 is 2.52 bits per heavy atom. The number of aromatic carboxylic acids is 1. The molecule has 0 radical (unpaired) electrons. The number of aromatic nitrogens is 1. The zero-order valence-corrected chi connectivity index (χ0v) is 10.6. The lowest BCUT2D eigenvalue weighted by Gasteiger charge is -2.11. The molecule has 21 heavy (non-hydrogen) atoms. The van der Waals surface area contributed by atoms with Gasteiger partial charge in [-0.2, -0.15) is 13.2 Å². The molecule has 1 aromatic carbocycles. The van der Waals surface area contributed by atoms with Gasteiger partial charge < -0.3 is 15.0 Å². The Morgan fingerprint density at radius 2 is 1.90 bits per heavy atom. The maximum atomic E-state index is 12.0. The number of hydrogen-bond acceptors (Lipinski definition) is 2. The average molecular weight is 300 g/mol. The van der Waals surface area contributed by atoms with Crippen LogP contribution in [0, 0.1) is 0 Å². The number of amides is 1. The van der Waals surface area contributed by atoms with E-state index in [9.17, 15) is 22.8 Å². The van der Waals surface area contributed by atoms with E-state index in [1.165, 1.54) is 10.6 Å². The molecular formula is C13H11F3N2O3. The molecule has 1 amide bonds. The predicted molar refractivity (Wildman–Crippen MR) is 68.0 cm³/mol. The second-order valence-electron chi connectivity index (χ2n) is 4.37. The number of rotatable bonds is 4. The van der Waals surface area contributed by atoms with Crippen molar-refractivity contribution >= 4 is 22.8 Å². The Balaban J connectivity index is 2.26. The molecule has 0 spiro atoms. The zero-order valence-electron chi connectivity index (χ0n) is 10.6. The van der Waals surface area contributed by atoms with Crippen molar-refractivity contribution < 1.29 is 27.9 Å². The predicted octanol–water partition coefficient (Wildman–Crippen LogP) is 2.02. The van der Waals surface area contributed by atoms with Crippen molar-refractivity contribution in [2.24, 2.45) is 0 Å². The van der Waals surface area contributed by atoms with Crippen LogP contribution in [0.2, 0.25) is 0 Å². The van der Waals surface area contributed by atoms with E-state index in [1.54, 1.807) is 29.6 Å². The number of fused-ring (bicyclic) bond motifs is 1. The van der Waals surface area contributed by atoms with E-state index < -0.39 is 31.1 Å². The Hall–Kier alpha value is -2.51. The largest absolute Gasteiger partial charge is 0.477 e. The third-order valence-electron chi connectivity index (χ3n) is 2.82. The zero-order chi connectivity index (χ0) is 15.6. The lowest BCUT2D eigenvalue weighted by molar-refractivity contribution is -0.138. The van der Waals surface area contributed by atoms with Gasteiger partial charge in [-0.25, -0.2) is 4.79 Å². The minimum atomic E-state index is -4.51. The van der Waals surface area contributed by atoms with Crippen LogP contribution in [-0.2, 0) is 11.3 Å². The van der Waals surface area contributed by atoms with Crippen LogP contribution in [0.25, 0.3) is 10.9 Å². The summed E-state index contributed by atoms with van der Waals surface area (Å²) in [6, 6.07) is 7.97. The highest BCUT2D eigenvalue weighted by molar-refractivity contribution is 5.95. The lowest BCUT2D eigenvalue weighted by atomic mass is 10.2. The molecule has 2 rings (SSSR count). The van der Waals surface area contributed by atoms with Gasteiger partial charge in [-0.1, -0.05) is 18.2 Å². The van der Waals surface area contributed by atoms with Crippen LogP contribution in [-0.4, -0.2) is 34.3 Å². The van der Waals surface area contributed by atoms with E-state index in [4.69, 9.17) is 5.11 Å². The first kappa shape index (κ1) is 14.9. The van der Waals surface area contributed by atoms with Crippen LogP contribution in [0.1, 0.15) is 10.5 Å². The van der Waals surface area contributed by atoms with Gasteiger partial charge in [-0.3, -0.25) is 4.79 Å². The summed E-state index contributed by atoms with van der Waals surface area (Å²) in [5, 5.41) is 11.4. The third-order valence-corrected chi connectivity index (χ3v) is 2.82. The van der Waals surface area contributed by atoms with E-state index in [2.05, 4.69) is 0 Å². The van der Waals surface area contributed by atoms with Gasteiger partial charge >= 0.3 is 12.1 Å². The number of carboxylic acid groups (broad SMARTS) is 1. The van der Waals surface area contributed by atoms with Crippen LogP contribution < -0.4 is 5.32 Å². The summed E-state index contributed by atoms with van der Waals surface area (Å²) in [6.45, 7) is -1.95. The highest BCUT2D eigenvalue weighted by Gasteiger charge is 2.28. The van der Waals surface area contributed by atoms with Crippen LogP contribution in [0.3, 0.4) is 0 Å². The topological polar surface area (TPSA) is 71.3 Å². The molecule has 0 saturated carbocycles. The van der Waals surface area contributed by atoms with Crippen LogP contribution in [0.5, 0.6) is 0 Å². The van der Waals surface area contributed by atoms with Gasteiger partial charge in [0.1, 0.15) is 18.8 Å². The van der Waals surface area contributed by atoms with E-state index in [1.807, 2.05) is 0 Å². The molecule has 0 fully saturated rings. The smallest absolute Gasteiger partial charge is 0.405 e. The van der Waals surface area contributed by atoms with E-state index in [-0.39, 0.29) is 5.69 Å². The molecule has 0 aliphatic carbocycles. The molecule has 0 atom stereocenters. The number of nitrogens with zero attached hydrogens (tertiary/aromatic N) is 1. The quantitative estimate of drug-likeness (QED) is 0.907. The number of halogens is 3. The van der Waals surface area contributed by atoms with Crippen molar-refractivity contribution in [3.63, 3.8) is 0 Å². The molecule has 1 aromatic heterocycles. The lowest BCUT2D eigenvalue weighted by Crippen LogP contribution is -2.36. The summed E-state index contributed by atoms with van der Waals surface area (Å²) in [7, 11) is 0. The molecule has 8 heteroatoms. The Morgan fingerprint density at radius 1 is 1.24 bits per heavy atom. The maximum absolute atomic E-state index is 12.0. The first-order valence-electron chi connectivity index (χ1n) is 5.93. The summed E-state index contributed by atoms with van der Waals surface area (Å²) in [4.78, 5) is 22.7. The minimum Gasteiger partial charge on any atom is -0.477 e. The summed E-state index contributed by atoms with van der Waals surface area (Å²) in [5.74, 6) is -2.16.